The third-order valence-electron chi connectivity index (χ3n) is 8.87. The van der Waals surface area contributed by atoms with Crippen LogP contribution in [0.15, 0.2) is 30.3 Å². The fourth-order valence-electron chi connectivity index (χ4n) is 6.08. The highest BCUT2D eigenvalue weighted by Gasteiger charge is 2.34. The summed E-state index contributed by atoms with van der Waals surface area (Å²) < 4.78 is 0. The van der Waals surface area contributed by atoms with Crippen molar-refractivity contribution in [1.82, 2.24) is 26.6 Å². The van der Waals surface area contributed by atoms with E-state index in [0.29, 0.717) is 12.0 Å². The molecule has 6 amide bonds. The zero-order chi connectivity index (χ0) is 38.8. The van der Waals surface area contributed by atoms with E-state index in [2.05, 4.69) is 26.6 Å². The van der Waals surface area contributed by atoms with Crippen LogP contribution in [0.25, 0.3) is 0 Å². The maximum atomic E-state index is 13.8. The van der Waals surface area contributed by atoms with Gasteiger partial charge in [-0.25, -0.2) is 4.79 Å². The number of benzene rings is 1. The third-order valence-corrected chi connectivity index (χ3v) is 8.87. The molecule has 1 saturated carbocycles. The van der Waals surface area contributed by atoms with Gasteiger partial charge in [0.15, 0.2) is 0 Å². The highest BCUT2D eigenvalue weighted by Crippen LogP contribution is 2.27. The molecule has 0 radical (unpaired) electrons. The van der Waals surface area contributed by atoms with Crippen LogP contribution in [0.1, 0.15) is 97.0 Å². The van der Waals surface area contributed by atoms with Gasteiger partial charge in [-0.05, 0) is 43.1 Å². The van der Waals surface area contributed by atoms with Gasteiger partial charge in [0, 0.05) is 19.8 Å². The molecule has 1 aliphatic carbocycles. The van der Waals surface area contributed by atoms with E-state index in [1.165, 1.54) is 6.92 Å². The van der Waals surface area contributed by atoms with Gasteiger partial charge >= 0.3 is 11.9 Å². The topological polar surface area (TPSA) is 263 Å². The molecule has 0 aromatic heterocycles. The Morgan fingerprint density at radius 3 is 1.75 bits per heavy atom. The summed E-state index contributed by atoms with van der Waals surface area (Å²) in [5.74, 6) is -7.24. The Kier molecular flexibility index (Phi) is 18.3. The minimum absolute atomic E-state index is 0.0239. The molecule has 0 heterocycles. The first-order valence-electron chi connectivity index (χ1n) is 17.8. The summed E-state index contributed by atoms with van der Waals surface area (Å²) >= 11 is 0. The number of rotatable bonds is 22. The third kappa shape index (κ3) is 16.3. The van der Waals surface area contributed by atoms with Crippen molar-refractivity contribution in [1.29, 1.82) is 0 Å². The molecule has 0 aliphatic heterocycles. The second-order valence-corrected chi connectivity index (χ2v) is 13.8. The van der Waals surface area contributed by atoms with E-state index in [9.17, 15) is 48.6 Å². The van der Waals surface area contributed by atoms with Crippen LogP contribution in [0.3, 0.4) is 0 Å². The van der Waals surface area contributed by atoms with Crippen LogP contribution < -0.4 is 32.3 Å². The van der Waals surface area contributed by atoms with Crippen LogP contribution >= 0.6 is 0 Å². The monoisotopic (exact) mass is 730 g/mol. The Morgan fingerprint density at radius 1 is 0.692 bits per heavy atom. The van der Waals surface area contributed by atoms with Gasteiger partial charge in [0.05, 0.1) is 6.42 Å². The van der Waals surface area contributed by atoms with Crippen molar-refractivity contribution in [2.45, 2.75) is 128 Å². The first kappa shape index (κ1) is 43.1. The predicted molar refractivity (Wildman–Crippen MR) is 189 cm³/mol. The Morgan fingerprint density at radius 2 is 1.21 bits per heavy atom. The van der Waals surface area contributed by atoms with Crippen LogP contribution in [0.5, 0.6) is 0 Å². The van der Waals surface area contributed by atoms with Crippen LogP contribution in [-0.2, 0) is 44.8 Å². The number of aliphatic carboxylic acids is 2. The smallest absolute Gasteiger partial charge is 0.326 e. The number of nitrogens with one attached hydrogen (secondary N) is 5. The summed E-state index contributed by atoms with van der Waals surface area (Å²) in [6.07, 6.45) is 3.89. The van der Waals surface area contributed by atoms with E-state index in [1.807, 2.05) is 13.8 Å². The first-order chi connectivity index (χ1) is 24.5. The number of carboxylic acids is 2. The highest BCUT2D eigenvalue weighted by molar-refractivity contribution is 5.97. The molecule has 0 spiro atoms. The molecule has 52 heavy (non-hydrogen) atoms. The summed E-state index contributed by atoms with van der Waals surface area (Å²) in [7, 11) is 0. The molecule has 288 valence electrons. The van der Waals surface area contributed by atoms with E-state index in [-0.39, 0.29) is 43.9 Å². The highest BCUT2D eigenvalue weighted by atomic mass is 16.4. The van der Waals surface area contributed by atoms with Crippen molar-refractivity contribution in [3.05, 3.63) is 35.9 Å². The molecule has 1 aromatic carbocycles. The number of hydrogen-bond donors (Lipinski definition) is 8. The van der Waals surface area contributed by atoms with E-state index in [4.69, 9.17) is 5.73 Å². The Hall–Kier alpha value is -5.02. The van der Waals surface area contributed by atoms with Crippen molar-refractivity contribution < 1.29 is 48.6 Å². The lowest BCUT2D eigenvalue weighted by molar-refractivity contribution is -0.143. The quantitative estimate of drug-likeness (QED) is 0.0836. The summed E-state index contributed by atoms with van der Waals surface area (Å²) in [6.45, 7) is 4.97. The normalized spacial score (nSPS) is 15.9. The zero-order valence-corrected chi connectivity index (χ0v) is 30.2. The summed E-state index contributed by atoms with van der Waals surface area (Å²) in [4.78, 5) is 101. The van der Waals surface area contributed by atoms with E-state index in [1.54, 1.807) is 30.3 Å². The maximum Gasteiger partial charge on any atom is 0.326 e. The van der Waals surface area contributed by atoms with Crippen molar-refractivity contribution in [3.63, 3.8) is 0 Å². The minimum atomic E-state index is -1.68. The van der Waals surface area contributed by atoms with E-state index >= 15 is 0 Å². The fourth-order valence-corrected chi connectivity index (χ4v) is 6.08. The molecule has 16 nitrogen and oxygen atoms in total. The van der Waals surface area contributed by atoms with Crippen LogP contribution in [0, 0.1) is 11.8 Å². The number of hydrogen-bond acceptors (Lipinski definition) is 8. The van der Waals surface area contributed by atoms with Gasteiger partial charge in [-0.2, -0.15) is 0 Å². The van der Waals surface area contributed by atoms with Crippen molar-refractivity contribution in [2.75, 3.05) is 0 Å². The largest absolute Gasteiger partial charge is 0.481 e. The van der Waals surface area contributed by atoms with Gasteiger partial charge in [0.25, 0.3) is 0 Å². The molecule has 16 heteroatoms. The average molecular weight is 731 g/mol. The lowest BCUT2D eigenvalue weighted by Gasteiger charge is -2.29. The lowest BCUT2D eigenvalue weighted by atomic mass is 9.84. The Balaban J connectivity index is 2.31. The SMILES string of the molecule is CC(=O)N[C@@H](CCC(N)=O)C(=O)N[C@@H](CC1CCCCC1)C(=O)NC(CC(=O)O)C(=O)N[C@@H](CCC(C)C)C(=O)NC(Cc1ccccc1)C(=O)O. The molecule has 0 bridgehead atoms. The molecular formula is C36H54N6O10. The van der Waals surface area contributed by atoms with Gasteiger partial charge < -0.3 is 42.5 Å². The van der Waals surface area contributed by atoms with E-state index in [0.717, 1.165) is 32.1 Å². The fraction of sp³-hybridized carbons (Fsp3) is 0.611. The molecule has 2 unspecified atom stereocenters. The second kappa shape index (κ2) is 22.0. The van der Waals surface area contributed by atoms with Gasteiger partial charge in [-0.3, -0.25) is 33.6 Å². The number of carboxylic acid groups (broad SMARTS) is 2. The predicted octanol–water partition coefficient (Wildman–Crippen LogP) is 0.904. The number of amides is 6. The standard InChI is InChI=1S/C36H54N6O10/c1-21(2)14-15-26(33(48)42-29(36(51)52)19-24-12-8-5-9-13-24)39-35(50)28(20-31(45)46)41-34(49)27(18-23-10-6-4-7-11-23)40-32(47)25(38-22(3)43)16-17-30(37)44/h5,8-9,12-13,21,23,25-29H,4,6-7,10-11,14-20H2,1-3H3,(H2,37,44)(H,38,43)(H,39,50)(H,40,47)(H,41,49)(H,42,48)(H,45,46)(H,51,52)/t25-,26-,27-,28?,29?/m0/s1. The van der Waals surface area contributed by atoms with Gasteiger partial charge in [-0.1, -0.05) is 76.3 Å². The number of carbonyl (C=O) groups excluding carboxylic acids is 6. The van der Waals surface area contributed by atoms with E-state index < -0.39 is 84.0 Å². The number of nitrogens with two attached hydrogens (primary N) is 1. The van der Waals surface area contributed by atoms with Crippen LogP contribution in [0.2, 0.25) is 0 Å². The number of carbonyl (C=O) groups is 8. The molecule has 1 aromatic rings. The second-order valence-electron chi connectivity index (χ2n) is 13.8. The molecule has 2 rings (SSSR count). The molecule has 5 atom stereocenters. The molecule has 0 saturated heterocycles. The van der Waals surface area contributed by atoms with Crippen LogP contribution in [-0.4, -0.2) is 87.8 Å². The lowest BCUT2D eigenvalue weighted by Crippen LogP contribution is -2.59. The molecule has 1 fully saturated rings. The molecular weight excluding hydrogens is 676 g/mol. The molecule has 9 N–H and O–H groups in total. The maximum absolute atomic E-state index is 13.8. The summed E-state index contributed by atoms with van der Waals surface area (Å²) in [5.41, 5.74) is 5.90. The number of primary amides is 1. The van der Waals surface area contributed by atoms with Crippen molar-refractivity contribution in [3.8, 4) is 0 Å². The van der Waals surface area contributed by atoms with Gasteiger partial charge in [0.1, 0.15) is 30.2 Å². The van der Waals surface area contributed by atoms with Gasteiger partial charge in [-0.15, -0.1) is 0 Å². The minimum Gasteiger partial charge on any atom is -0.481 e. The summed E-state index contributed by atoms with van der Waals surface area (Å²) in [6, 6.07) is 1.96. The zero-order valence-electron chi connectivity index (χ0n) is 30.2. The first-order valence-corrected chi connectivity index (χ1v) is 17.8. The molecule has 1 aliphatic rings. The summed E-state index contributed by atoms with van der Waals surface area (Å²) in [5, 5.41) is 32.0. The van der Waals surface area contributed by atoms with Crippen molar-refractivity contribution in [2.24, 2.45) is 17.6 Å². The average Bonchev–Trinajstić information content (AvgIpc) is 3.07. The van der Waals surface area contributed by atoms with Gasteiger partial charge in [0.2, 0.25) is 35.4 Å². The van der Waals surface area contributed by atoms with Crippen LogP contribution in [0.4, 0.5) is 0 Å². The Bertz CT molecular complexity index is 1400. The Labute approximate surface area is 303 Å². The van der Waals surface area contributed by atoms with Crippen molar-refractivity contribution >= 4 is 47.4 Å².